The lowest BCUT2D eigenvalue weighted by atomic mass is 10.1. The van der Waals surface area contributed by atoms with E-state index in [1.807, 2.05) is 13.8 Å². The molecule has 3 heteroatoms. The largest absolute Gasteiger partial charge is 0.361 e. The van der Waals surface area contributed by atoms with Gasteiger partial charge in [-0.1, -0.05) is 25.4 Å². The van der Waals surface area contributed by atoms with Gasteiger partial charge in [0, 0.05) is 12.1 Å². The molecule has 1 rings (SSSR count). The van der Waals surface area contributed by atoms with Gasteiger partial charge in [0.2, 0.25) is 0 Å². The van der Waals surface area contributed by atoms with Crippen LogP contribution in [0.3, 0.4) is 0 Å². The number of aromatic nitrogens is 1. The van der Waals surface area contributed by atoms with Crippen LogP contribution in [0.25, 0.3) is 0 Å². The van der Waals surface area contributed by atoms with Gasteiger partial charge >= 0.3 is 0 Å². The highest BCUT2D eigenvalue weighted by Gasteiger charge is 2.08. The van der Waals surface area contributed by atoms with Crippen LogP contribution in [0.15, 0.2) is 4.52 Å². The normalized spacial score (nSPS) is 13.1. The summed E-state index contributed by atoms with van der Waals surface area (Å²) in [6.45, 7) is 10.3. The standard InChI is InChI=1S/C11H20N2O/c1-5-8(2)6-12-7-11-9(3)13-14-10(11)4/h8,12H,5-7H2,1-4H3/t8-/m1/s1. The van der Waals surface area contributed by atoms with E-state index in [-0.39, 0.29) is 0 Å². The van der Waals surface area contributed by atoms with Crippen molar-refractivity contribution in [1.29, 1.82) is 0 Å². The molecule has 0 unspecified atom stereocenters. The summed E-state index contributed by atoms with van der Waals surface area (Å²) in [6.07, 6.45) is 1.22. The van der Waals surface area contributed by atoms with Crippen molar-refractivity contribution in [3.63, 3.8) is 0 Å². The highest BCUT2D eigenvalue weighted by molar-refractivity contribution is 5.20. The molecular formula is C11H20N2O. The van der Waals surface area contributed by atoms with Gasteiger partial charge in [-0.15, -0.1) is 0 Å². The van der Waals surface area contributed by atoms with Crippen LogP contribution in [0.5, 0.6) is 0 Å². The maximum absolute atomic E-state index is 5.09. The molecule has 14 heavy (non-hydrogen) atoms. The van der Waals surface area contributed by atoms with Gasteiger partial charge in [0.15, 0.2) is 0 Å². The Labute approximate surface area is 85.9 Å². The second-order valence-electron chi connectivity index (χ2n) is 3.95. The molecule has 3 nitrogen and oxygen atoms in total. The lowest BCUT2D eigenvalue weighted by Crippen LogP contribution is -2.20. The highest BCUT2D eigenvalue weighted by Crippen LogP contribution is 2.11. The Balaban J connectivity index is 2.38. The summed E-state index contributed by atoms with van der Waals surface area (Å²) in [4.78, 5) is 0. The lowest BCUT2D eigenvalue weighted by molar-refractivity contribution is 0.391. The van der Waals surface area contributed by atoms with E-state index in [0.717, 1.165) is 30.5 Å². The number of hydrogen-bond donors (Lipinski definition) is 1. The molecule has 0 radical (unpaired) electrons. The Morgan fingerprint density at radius 1 is 1.43 bits per heavy atom. The molecule has 0 fully saturated rings. The maximum atomic E-state index is 5.09. The van der Waals surface area contributed by atoms with E-state index in [2.05, 4.69) is 24.3 Å². The topological polar surface area (TPSA) is 38.1 Å². The third-order valence-corrected chi connectivity index (χ3v) is 2.67. The van der Waals surface area contributed by atoms with Crippen molar-refractivity contribution in [1.82, 2.24) is 10.5 Å². The fourth-order valence-electron chi connectivity index (χ4n) is 1.34. The minimum absolute atomic E-state index is 0.732. The summed E-state index contributed by atoms with van der Waals surface area (Å²) < 4.78 is 5.09. The van der Waals surface area contributed by atoms with Crippen LogP contribution < -0.4 is 5.32 Å². The Morgan fingerprint density at radius 3 is 2.64 bits per heavy atom. The molecule has 0 aromatic carbocycles. The first-order chi connectivity index (χ1) is 6.65. The zero-order chi connectivity index (χ0) is 10.6. The molecule has 0 aliphatic carbocycles. The molecule has 0 saturated heterocycles. The van der Waals surface area contributed by atoms with Crippen molar-refractivity contribution < 1.29 is 4.52 Å². The monoisotopic (exact) mass is 196 g/mol. The molecule has 80 valence electrons. The van der Waals surface area contributed by atoms with E-state index in [0.29, 0.717) is 0 Å². The summed E-state index contributed by atoms with van der Waals surface area (Å²) in [6, 6.07) is 0. The SMILES string of the molecule is CC[C@@H](C)CNCc1c(C)noc1C. The zero-order valence-electron chi connectivity index (χ0n) is 9.55. The van der Waals surface area contributed by atoms with Gasteiger partial charge in [-0.2, -0.15) is 0 Å². The van der Waals surface area contributed by atoms with Crippen LogP contribution in [-0.2, 0) is 6.54 Å². The van der Waals surface area contributed by atoms with Crippen LogP contribution in [0.1, 0.15) is 37.3 Å². The van der Waals surface area contributed by atoms with Gasteiger partial charge in [-0.3, -0.25) is 0 Å². The average Bonchev–Trinajstić information content (AvgIpc) is 2.48. The van der Waals surface area contributed by atoms with Crippen molar-refractivity contribution in [3.8, 4) is 0 Å². The third kappa shape index (κ3) is 2.84. The lowest BCUT2D eigenvalue weighted by Gasteiger charge is -2.09. The Kier molecular flexibility index (Phi) is 4.14. The van der Waals surface area contributed by atoms with Gasteiger partial charge in [0.05, 0.1) is 5.69 Å². The Hall–Kier alpha value is -0.830. The molecular weight excluding hydrogens is 176 g/mol. The van der Waals surface area contributed by atoms with Gasteiger partial charge in [-0.05, 0) is 26.3 Å². The number of nitrogens with zero attached hydrogens (tertiary/aromatic N) is 1. The summed E-state index contributed by atoms with van der Waals surface area (Å²) >= 11 is 0. The number of aryl methyl sites for hydroxylation is 2. The molecule has 1 aromatic heterocycles. The van der Waals surface area contributed by atoms with Crippen LogP contribution >= 0.6 is 0 Å². The number of hydrogen-bond acceptors (Lipinski definition) is 3. The minimum atomic E-state index is 0.732. The van der Waals surface area contributed by atoms with Crippen molar-refractivity contribution >= 4 is 0 Å². The van der Waals surface area contributed by atoms with Crippen molar-refractivity contribution in [3.05, 3.63) is 17.0 Å². The first-order valence-corrected chi connectivity index (χ1v) is 5.27. The zero-order valence-corrected chi connectivity index (χ0v) is 9.55. The van der Waals surface area contributed by atoms with Crippen LogP contribution in [0.2, 0.25) is 0 Å². The van der Waals surface area contributed by atoms with Gasteiger partial charge in [0.1, 0.15) is 5.76 Å². The molecule has 1 aromatic rings. The third-order valence-electron chi connectivity index (χ3n) is 2.67. The maximum Gasteiger partial charge on any atom is 0.138 e. The van der Waals surface area contributed by atoms with Crippen LogP contribution in [0.4, 0.5) is 0 Å². The fraction of sp³-hybridized carbons (Fsp3) is 0.727. The molecule has 0 aliphatic heterocycles. The second-order valence-corrected chi connectivity index (χ2v) is 3.95. The summed E-state index contributed by atoms with van der Waals surface area (Å²) in [7, 11) is 0. The number of rotatable bonds is 5. The average molecular weight is 196 g/mol. The highest BCUT2D eigenvalue weighted by atomic mass is 16.5. The molecule has 0 aliphatic rings. The predicted molar refractivity (Wildman–Crippen MR) is 57.1 cm³/mol. The molecule has 0 bridgehead atoms. The predicted octanol–water partition coefficient (Wildman–Crippen LogP) is 2.43. The smallest absolute Gasteiger partial charge is 0.138 e. The van der Waals surface area contributed by atoms with E-state index >= 15 is 0 Å². The van der Waals surface area contributed by atoms with E-state index < -0.39 is 0 Å². The molecule has 1 atom stereocenters. The van der Waals surface area contributed by atoms with Crippen LogP contribution in [0, 0.1) is 19.8 Å². The second kappa shape index (κ2) is 5.15. The molecule has 0 spiro atoms. The van der Waals surface area contributed by atoms with E-state index in [1.165, 1.54) is 12.0 Å². The number of nitrogens with one attached hydrogen (secondary N) is 1. The van der Waals surface area contributed by atoms with E-state index in [4.69, 9.17) is 4.52 Å². The summed E-state index contributed by atoms with van der Waals surface area (Å²) in [5.41, 5.74) is 2.20. The first kappa shape index (κ1) is 11.2. The van der Waals surface area contributed by atoms with E-state index in [9.17, 15) is 0 Å². The Morgan fingerprint density at radius 2 is 2.14 bits per heavy atom. The van der Waals surface area contributed by atoms with Crippen molar-refractivity contribution in [2.45, 2.75) is 40.7 Å². The molecule has 1 N–H and O–H groups in total. The fourth-order valence-corrected chi connectivity index (χ4v) is 1.34. The summed E-state index contributed by atoms with van der Waals surface area (Å²) in [5, 5.41) is 7.34. The van der Waals surface area contributed by atoms with Crippen LogP contribution in [-0.4, -0.2) is 11.7 Å². The first-order valence-electron chi connectivity index (χ1n) is 5.27. The van der Waals surface area contributed by atoms with Gasteiger partial charge in [0.25, 0.3) is 0 Å². The molecule has 1 heterocycles. The van der Waals surface area contributed by atoms with Gasteiger partial charge in [-0.25, -0.2) is 0 Å². The summed E-state index contributed by atoms with van der Waals surface area (Å²) in [5.74, 6) is 1.66. The Bertz CT molecular complexity index is 261. The minimum Gasteiger partial charge on any atom is -0.361 e. The van der Waals surface area contributed by atoms with Crippen molar-refractivity contribution in [2.75, 3.05) is 6.54 Å². The van der Waals surface area contributed by atoms with E-state index in [1.54, 1.807) is 0 Å². The molecule has 0 amide bonds. The molecule has 0 saturated carbocycles. The van der Waals surface area contributed by atoms with Crippen molar-refractivity contribution in [2.24, 2.45) is 5.92 Å². The van der Waals surface area contributed by atoms with Gasteiger partial charge < -0.3 is 9.84 Å². The quantitative estimate of drug-likeness (QED) is 0.786.